The molecule has 0 aromatic rings. The van der Waals surface area contributed by atoms with Gasteiger partial charge in [-0.15, -0.1) is 0 Å². The molecule has 0 spiro atoms. The van der Waals surface area contributed by atoms with Crippen molar-refractivity contribution in [1.29, 1.82) is 5.41 Å². The molecule has 6 atom stereocenters. The van der Waals surface area contributed by atoms with Crippen molar-refractivity contribution in [2.75, 3.05) is 13.2 Å². The largest absolute Gasteiger partial charge is 0.491 e. The Balaban J connectivity index is 5.44. The highest BCUT2D eigenvalue weighted by Crippen LogP contribution is 2.17. The molecule has 3 amide bonds. The van der Waals surface area contributed by atoms with E-state index in [1.807, 2.05) is 0 Å². The molecule has 224 valence electrons. The van der Waals surface area contributed by atoms with Gasteiger partial charge in [-0.05, 0) is 25.7 Å². The minimum atomic E-state index is -5.51. The molecule has 0 saturated heterocycles. The van der Waals surface area contributed by atoms with Crippen molar-refractivity contribution in [3.8, 4) is 0 Å². The van der Waals surface area contributed by atoms with Gasteiger partial charge in [0.1, 0.15) is 12.1 Å². The van der Waals surface area contributed by atoms with Gasteiger partial charge >= 0.3 is 18.1 Å². The van der Waals surface area contributed by atoms with E-state index in [2.05, 4.69) is 20.7 Å². The number of aliphatic hydroxyl groups excluding tert-OH is 2. The van der Waals surface area contributed by atoms with Crippen LogP contribution in [0.15, 0.2) is 0 Å². The molecule has 0 rings (SSSR count). The standard InChI is InChI=1S/C21H36F3N7O8/c1-4-9(2)13(30-15(34)11(25)6-5-7-28-20(26)27)16(35)31-14(10(3)33)17(36)29-12(8-32)18(37)39-19(38)21(22,23)24/h9-14,32-33H,4-8,25H2,1-3H3,(H,29,36)(H,30,34)(H,31,35)(H4,26,27,28)/t9-,10+,11+,12-,13-,14-/m0/s1. The van der Waals surface area contributed by atoms with Crippen LogP contribution in [0, 0.1) is 11.3 Å². The fourth-order valence-corrected chi connectivity index (χ4v) is 2.95. The van der Waals surface area contributed by atoms with Gasteiger partial charge in [0, 0.05) is 6.54 Å². The predicted octanol–water partition coefficient (Wildman–Crippen LogP) is -2.92. The summed E-state index contributed by atoms with van der Waals surface area (Å²) in [7, 11) is 0. The maximum atomic E-state index is 13.0. The Hall–Kier alpha value is -3.51. The summed E-state index contributed by atoms with van der Waals surface area (Å²) in [6.45, 7) is 3.40. The first kappa shape index (κ1) is 35.5. The molecule has 0 radical (unpaired) electrons. The van der Waals surface area contributed by atoms with E-state index in [0.717, 1.165) is 6.92 Å². The Morgan fingerprint density at radius 1 is 1.00 bits per heavy atom. The summed E-state index contributed by atoms with van der Waals surface area (Å²) >= 11 is 0. The number of guanidine groups is 1. The molecule has 0 aliphatic carbocycles. The van der Waals surface area contributed by atoms with Crippen LogP contribution in [0.4, 0.5) is 13.2 Å². The van der Waals surface area contributed by atoms with Crippen LogP contribution in [0.1, 0.15) is 40.0 Å². The maximum absolute atomic E-state index is 13.0. The van der Waals surface area contributed by atoms with Gasteiger partial charge in [-0.3, -0.25) is 19.8 Å². The van der Waals surface area contributed by atoms with Crippen LogP contribution in [-0.2, 0) is 28.7 Å². The minimum Gasteiger partial charge on any atom is -0.394 e. The molecule has 0 aromatic heterocycles. The van der Waals surface area contributed by atoms with E-state index in [1.54, 1.807) is 19.2 Å². The maximum Gasteiger partial charge on any atom is 0.491 e. The zero-order chi connectivity index (χ0) is 30.5. The average Bonchev–Trinajstić information content (AvgIpc) is 2.84. The number of hydrogen-bond acceptors (Lipinski definition) is 10. The summed E-state index contributed by atoms with van der Waals surface area (Å²) < 4.78 is 40.6. The summed E-state index contributed by atoms with van der Waals surface area (Å²) in [6.07, 6.45) is -6.20. The predicted molar refractivity (Wildman–Crippen MR) is 128 cm³/mol. The highest BCUT2D eigenvalue weighted by Gasteiger charge is 2.44. The summed E-state index contributed by atoms with van der Waals surface area (Å²) in [4.78, 5) is 60.8. The fraction of sp³-hybridized carbons (Fsp3) is 0.714. The Labute approximate surface area is 222 Å². The lowest BCUT2D eigenvalue weighted by molar-refractivity contribution is -0.202. The molecule has 0 aliphatic heterocycles. The minimum absolute atomic E-state index is 0.176. The quantitative estimate of drug-likeness (QED) is 0.0316. The molecule has 15 nitrogen and oxygen atoms in total. The van der Waals surface area contributed by atoms with Gasteiger partial charge in [0.25, 0.3) is 0 Å². The lowest BCUT2D eigenvalue weighted by Gasteiger charge is -2.29. The number of aliphatic hydroxyl groups is 2. The topological polar surface area (TPSA) is 259 Å². The van der Waals surface area contributed by atoms with Crippen LogP contribution in [0.2, 0.25) is 0 Å². The van der Waals surface area contributed by atoms with Crippen LogP contribution < -0.4 is 32.7 Å². The number of amides is 3. The van der Waals surface area contributed by atoms with Crippen molar-refractivity contribution < 1.29 is 52.1 Å². The van der Waals surface area contributed by atoms with Crippen LogP contribution in [-0.4, -0.2) is 95.4 Å². The van der Waals surface area contributed by atoms with Crippen LogP contribution >= 0.6 is 0 Å². The third-order valence-electron chi connectivity index (χ3n) is 5.41. The van der Waals surface area contributed by atoms with E-state index in [1.165, 1.54) is 0 Å². The van der Waals surface area contributed by atoms with Crippen molar-refractivity contribution >= 4 is 35.6 Å². The van der Waals surface area contributed by atoms with Gasteiger partial charge in [-0.25, -0.2) is 9.59 Å². The number of carbonyl (C=O) groups excluding carboxylic acids is 5. The van der Waals surface area contributed by atoms with Gasteiger partial charge in [0.15, 0.2) is 12.0 Å². The molecule has 0 unspecified atom stereocenters. The van der Waals surface area contributed by atoms with Gasteiger partial charge < -0.3 is 47.7 Å². The number of nitrogens with two attached hydrogens (primary N) is 2. The first-order chi connectivity index (χ1) is 18.0. The smallest absolute Gasteiger partial charge is 0.394 e. The van der Waals surface area contributed by atoms with E-state index in [9.17, 15) is 47.4 Å². The second-order valence-electron chi connectivity index (χ2n) is 8.64. The van der Waals surface area contributed by atoms with Crippen molar-refractivity contribution in [3.63, 3.8) is 0 Å². The first-order valence-electron chi connectivity index (χ1n) is 11.8. The van der Waals surface area contributed by atoms with Crippen LogP contribution in [0.25, 0.3) is 0 Å². The molecule has 11 N–H and O–H groups in total. The SMILES string of the molecule is CC[C@H](C)[C@H](NC(=O)[C@H](N)CCCNC(=N)N)C(=O)N[C@H](C(=O)N[C@@H](CO)C(=O)OC(=O)C(F)(F)F)[C@@H](C)O. The number of hydrogen-bond donors (Lipinski definition) is 9. The number of rotatable bonds is 15. The second-order valence-corrected chi connectivity index (χ2v) is 8.64. The number of nitrogens with one attached hydrogen (secondary N) is 5. The Morgan fingerprint density at radius 3 is 2.00 bits per heavy atom. The summed E-state index contributed by atoms with van der Waals surface area (Å²) in [5.41, 5.74) is 11.0. The van der Waals surface area contributed by atoms with Crippen LogP contribution in [0.5, 0.6) is 0 Å². The normalized spacial score (nSPS) is 15.9. The van der Waals surface area contributed by atoms with Gasteiger partial charge in [-0.2, -0.15) is 13.2 Å². The molecular formula is C21H36F3N7O8. The van der Waals surface area contributed by atoms with Crippen molar-refractivity contribution in [1.82, 2.24) is 21.3 Å². The zero-order valence-corrected chi connectivity index (χ0v) is 21.6. The van der Waals surface area contributed by atoms with E-state index in [-0.39, 0.29) is 18.9 Å². The van der Waals surface area contributed by atoms with E-state index < -0.39 is 78.6 Å². The molecule has 0 fully saturated rings. The van der Waals surface area contributed by atoms with Gasteiger partial charge in [-0.1, -0.05) is 20.3 Å². The first-order valence-corrected chi connectivity index (χ1v) is 11.8. The van der Waals surface area contributed by atoms with Crippen molar-refractivity contribution in [2.45, 2.75) is 76.5 Å². The van der Waals surface area contributed by atoms with Crippen LogP contribution in [0.3, 0.4) is 0 Å². The van der Waals surface area contributed by atoms with E-state index in [0.29, 0.717) is 12.8 Å². The Bertz CT molecular complexity index is 888. The summed E-state index contributed by atoms with van der Waals surface area (Å²) in [5, 5.41) is 35.4. The highest BCUT2D eigenvalue weighted by molar-refractivity contribution is 5.96. The van der Waals surface area contributed by atoms with Gasteiger partial charge in [0.2, 0.25) is 17.7 Å². The summed E-state index contributed by atoms with van der Waals surface area (Å²) in [6, 6.07) is -6.21. The average molecular weight is 572 g/mol. The van der Waals surface area contributed by atoms with Gasteiger partial charge in [0.05, 0.1) is 18.8 Å². The molecule has 39 heavy (non-hydrogen) atoms. The lowest BCUT2D eigenvalue weighted by Crippen LogP contribution is -2.61. The molecule has 0 bridgehead atoms. The zero-order valence-electron chi connectivity index (χ0n) is 21.6. The lowest BCUT2D eigenvalue weighted by atomic mass is 9.97. The molecule has 0 aliphatic rings. The number of carbonyl (C=O) groups is 5. The Kier molecular flexibility index (Phi) is 15.0. The monoisotopic (exact) mass is 571 g/mol. The third kappa shape index (κ3) is 12.7. The molecule has 0 aromatic carbocycles. The number of esters is 2. The third-order valence-corrected chi connectivity index (χ3v) is 5.41. The molecule has 0 heterocycles. The molecular weight excluding hydrogens is 535 g/mol. The van der Waals surface area contributed by atoms with Crippen molar-refractivity contribution in [3.05, 3.63) is 0 Å². The Morgan fingerprint density at radius 2 is 1.54 bits per heavy atom. The molecule has 18 heteroatoms. The summed E-state index contributed by atoms with van der Waals surface area (Å²) in [5.74, 6) is -8.49. The second kappa shape index (κ2) is 16.5. The van der Waals surface area contributed by atoms with E-state index in [4.69, 9.17) is 16.9 Å². The molecule has 0 saturated carbocycles. The van der Waals surface area contributed by atoms with Crippen molar-refractivity contribution in [2.24, 2.45) is 17.4 Å². The van der Waals surface area contributed by atoms with E-state index >= 15 is 0 Å². The number of ether oxygens (including phenoxy) is 1. The number of halogens is 3. The fourth-order valence-electron chi connectivity index (χ4n) is 2.95. The number of alkyl halides is 3. The highest BCUT2D eigenvalue weighted by atomic mass is 19.4.